The monoisotopic (exact) mass is 380 g/mol. The Labute approximate surface area is 153 Å². The van der Waals surface area contributed by atoms with Gasteiger partial charge in [-0.15, -0.1) is 0 Å². The highest BCUT2D eigenvalue weighted by molar-refractivity contribution is 6.30. The Balaban J connectivity index is 1.82. The smallest absolute Gasteiger partial charge is 0.341 e. The van der Waals surface area contributed by atoms with E-state index in [0.29, 0.717) is 5.02 Å². The molecule has 2 rings (SSSR count). The van der Waals surface area contributed by atoms with Gasteiger partial charge in [-0.25, -0.2) is 9.18 Å². The second kappa shape index (κ2) is 8.82. The number of hydrogen-bond acceptors (Lipinski definition) is 5. The number of rotatable bonds is 5. The fourth-order valence-corrected chi connectivity index (χ4v) is 1.96. The fourth-order valence-electron chi connectivity index (χ4n) is 1.83. The van der Waals surface area contributed by atoms with Crippen LogP contribution in [0.4, 0.5) is 4.39 Å². The lowest BCUT2D eigenvalue weighted by Crippen LogP contribution is -2.43. The molecule has 7 nitrogen and oxygen atoms in total. The number of amides is 2. The van der Waals surface area contributed by atoms with Crippen LogP contribution in [0, 0.1) is 5.82 Å². The molecule has 136 valence electrons. The standard InChI is InChI=1S/C17H14ClFN2O5/c1-25-12-6-7-13(14(19)8-12)17(24)26-9-15(22)20-21-16(23)10-2-4-11(18)5-3-10/h2-8H,9H2,1H3,(H,20,22)(H,21,23). The van der Waals surface area contributed by atoms with E-state index >= 15 is 0 Å². The van der Waals surface area contributed by atoms with Crippen molar-refractivity contribution in [2.75, 3.05) is 13.7 Å². The van der Waals surface area contributed by atoms with Crippen LogP contribution < -0.4 is 15.6 Å². The van der Waals surface area contributed by atoms with Crippen LogP contribution in [0.2, 0.25) is 5.02 Å². The highest BCUT2D eigenvalue weighted by Crippen LogP contribution is 2.16. The summed E-state index contributed by atoms with van der Waals surface area (Å²) in [5.41, 5.74) is 4.14. The number of methoxy groups -OCH3 is 1. The fraction of sp³-hybridized carbons (Fsp3) is 0.118. The molecule has 0 fully saturated rings. The van der Waals surface area contributed by atoms with Crippen LogP contribution in [-0.4, -0.2) is 31.5 Å². The molecule has 2 aromatic carbocycles. The zero-order valence-corrected chi connectivity index (χ0v) is 14.3. The molecule has 0 saturated carbocycles. The maximum atomic E-state index is 13.7. The van der Waals surface area contributed by atoms with Crippen LogP contribution in [0.5, 0.6) is 5.75 Å². The molecule has 2 N–H and O–H groups in total. The minimum absolute atomic E-state index is 0.238. The van der Waals surface area contributed by atoms with Crippen molar-refractivity contribution < 1.29 is 28.2 Å². The molecule has 0 atom stereocenters. The summed E-state index contributed by atoms with van der Waals surface area (Å²) < 4.78 is 23.3. The molecule has 0 aliphatic carbocycles. The molecular formula is C17H14ClFN2O5. The summed E-state index contributed by atoms with van der Waals surface area (Å²) >= 11 is 5.71. The molecular weight excluding hydrogens is 367 g/mol. The van der Waals surface area contributed by atoms with Crippen molar-refractivity contribution in [1.82, 2.24) is 10.9 Å². The van der Waals surface area contributed by atoms with Crippen LogP contribution in [-0.2, 0) is 9.53 Å². The molecule has 0 unspecified atom stereocenters. The lowest BCUT2D eigenvalue weighted by molar-refractivity contribution is -0.125. The lowest BCUT2D eigenvalue weighted by atomic mass is 10.2. The van der Waals surface area contributed by atoms with Crippen molar-refractivity contribution in [3.05, 3.63) is 64.4 Å². The quantitative estimate of drug-likeness (QED) is 0.612. The second-order valence-electron chi connectivity index (χ2n) is 4.93. The van der Waals surface area contributed by atoms with Gasteiger partial charge in [0.15, 0.2) is 6.61 Å². The van der Waals surface area contributed by atoms with Crippen molar-refractivity contribution in [1.29, 1.82) is 0 Å². The van der Waals surface area contributed by atoms with Gasteiger partial charge < -0.3 is 9.47 Å². The van der Waals surface area contributed by atoms with Gasteiger partial charge in [-0.1, -0.05) is 11.6 Å². The highest BCUT2D eigenvalue weighted by atomic mass is 35.5. The second-order valence-corrected chi connectivity index (χ2v) is 5.37. The first-order valence-electron chi connectivity index (χ1n) is 7.26. The normalized spacial score (nSPS) is 9.96. The molecule has 2 amide bonds. The van der Waals surface area contributed by atoms with Crippen LogP contribution >= 0.6 is 11.6 Å². The molecule has 0 aliphatic rings. The van der Waals surface area contributed by atoms with E-state index in [4.69, 9.17) is 21.1 Å². The van der Waals surface area contributed by atoms with Gasteiger partial charge in [0.05, 0.1) is 12.7 Å². The number of nitrogens with one attached hydrogen (secondary N) is 2. The Kier molecular flexibility index (Phi) is 6.51. The largest absolute Gasteiger partial charge is 0.497 e. The average molecular weight is 381 g/mol. The molecule has 2 aromatic rings. The van der Waals surface area contributed by atoms with E-state index in [-0.39, 0.29) is 16.9 Å². The Morgan fingerprint density at radius 2 is 1.77 bits per heavy atom. The summed E-state index contributed by atoms with van der Waals surface area (Å²) in [6.45, 7) is -0.703. The molecule has 0 bridgehead atoms. The summed E-state index contributed by atoms with van der Waals surface area (Å²) in [7, 11) is 1.36. The molecule has 0 spiro atoms. The number of halogens is 2. The summed E-state index contributed by atoms with van der Waals surface area (Å²) in [5, 5.41) is 0.461. The lowest BCUT2D eigenvalue weighted by Gasteiger charge is -2.09. The van der Waals surface area contributed by atoms with E-state index in [0.717, 1.165) is 6.07 Å². The first-order valence-corrected chi connectivity index (χ1v) is 7.64. The van der Waals surface area contributed by atoms with Gasteiger partial charge in [-0.05, 0) is 36.4 Å². The van der Waals surface area contributed by atoms with Crippen molar-refractivity contribution in [2.45, 2.75) is 0 Å². The van der Waals surface area contributed by atoms with Gasteiger partial charge in [0.2, 0.25) is 0 Å². The number of carbonyl (C=O) groups is 3. The minimum atomic E-state index is -1.02. The van der Waals surface area contributed by atoms with Crippen LogP contribution in [0.25, 0.3) is 0 Å². The highest BCUT2D eigenvalue weighted by Gasteiger charge is 2.16. The third kappa shape index (κ3) is 5.18. The topological polar surface area (TPSA) is 93.7 Å². The van der Waals surface area contributed by atoms with Crippen molar-refractivity contribution in [2.24, 2.45) is 0 Å². The molecule has 26 heavy (non-hydrogen) atoms. The van der Waals surface area contributed by atoms with E-state index in [1.807, 2.05) is 0 Å². The van der Waals surface area contributed by atoms with Crippen molar-refractivity contribution >= 4 is 29.4 Å². The first-order chi connectivity index (χ1) is 12.4. The zero-order valence-electron chi connectivity index (χ0n) is 13.5. The van der Waals surface area contributed by atoms with E-state index in [2.05, 4.69) is 10.9 Å². The van der Waals surface area contributed by atoms with Gasteiger partial charge in [0.25, 0.3) is 11.8 Å². The van der Waals surface area contributed by atoms with Crippen molar-refractivity contribution in [3.8, 4) is 5.75 Å². The summed E-state index contributed by atoms with van der Waals surface area (Å²) in [5.74, 6) is -3.01. The zero-order chi connectivity index (χ0) is 19.1. The van der Waals surface area contributed by atoms with E-state index in [1.165, 1.54) is 43.5 Å². The average Bonchev–Trinajstić information content (AvgIpc) is 2.64. The SMILES string of the molecule is COc1ccc(C(=O)OCC(=O)NNC(=O)c2ccc(Cl)cc2)c(F)c1. The Morgan fingerprint density at radius 3 is 2.38 bits per heavy atom. The predicted octanol–water partition coefficient (Wildman–Crippen LogP) is 2.11. The maximum absolute atomic E-state index is 13.7. The van der Waals surface area contributed by atoms with E-state index in [1.54, 1.807) is 0 Å². The predicted molar refractivity (Wildman–Crippen MR) is 90.3 cm³/mol. The number of benzene rings is 2. The minimum Gasteiger partial charge on any atom is -0.497 e. The number of ether oxygens (including phenoxy) is 2. The van der Waals surface area contributed by atoms with E-state index < -0.39 is 30.2 Å². The number of esters is 1. The van der Waals surface area contributed by atoms with Gasteiger partial charge >= 0.3 is 5.97 Å². The number of hydrazine groups is 1. The summed E-state index contributed by atoms with van der Waals surface area (Å²) in [6.07, 6.45) is 0. The first kappa shape index (κ1) is 19.2. The van der Waals surface area contributed by atoms with Crippen LogP contribution in [0.3, 0.4) is 0 Å². The Hall–Kier alpha value is -3.13. The number of carbonyl (C=O) groups excluding carboxylic acids is 3. The number of hydrogen-bond donors (Lipinski definition) is 2. The molecule has 0 saturated heterocycles. The van der Waals surface area contributed by atoms with E-state index in [9.17, 15) is 18.8 Å². The van der Waals surface area contributed by atoms with Gasteiger partial charge in [-0.3, -0.25) is 20.4 Å². The van der Waals surface area contributed by atoms with Crippen molar-refractivity contribution in [3.63, 3.8) is 0 Å². The summed E-state index contributed by atoms with van der Waals surface area (Å²) in [6, 6.07) is 9.55. The van der Waals surface area contributed by atoms with Crippen LogP contribution in [0.1, 0.15) is 20.7 Å². The molecule has 0 aliphatic heterocycles. The molecule has 9 heteroatoms. The van der Waals surface area contributed by atoms with Gasteiger partial charge in [-0.2, -0.15) is 0 Å². The molecule has 0 aromatic heterocycles. The molecule has 0 radical (unpaired) electrons. The Morgan fingerprint density at radius 1 is 1.08 bits per heavy atom. The Bertz CT molecular complexity index is 826. The third-order valence-electron chi connectivity index (χ3n) is 3.15. The molecule has 0 heterocycles. The third-order valence-corrected chi connectivity index (χ3v) is 3.40. The maximum Gasteiger partial charge on any atom is 0.341 e. The summed E-state index contributed by atoms with van der Waals surface area (Å²) in [4.78, 5) is 35.2. The van der Waals surface area contributed by atoms with Crippen LogP contribution in [0.15, 0.2) is 42.5 Å². The van der Waals surface area contributed by atoms with Gasteiger partial charge in [0, 0.05) is 16.7 Å². The van der Waals surface area contributed by atoms with Gasteiger partial charge in [0.1, 0.15) is 11.6 Å².